The molecule has 7 heteroatoms. The second-order valence-corrected chi connectivity index (χ2v) is 14.2. The molecule has 4 saturated carbocycles. The van der Waals surface area contributed by atoms with Gasteiger partial charge in [0, 0.05) is 17.5 Å². The summed E-state index contributed by atoms with van der Waals surface area (Å²) in [6.07, 6.45) is 3.62. The minimum absolute atomic E-state index is 0.0238. The second kappa shape index (κ2) is 10.2. The molecule has 4 fully saturated rings. The number of aliphatic carboxylic acids is 1. The minimum Gasteiger partial charge on any atom is -0.478 e. The number of esters is 1. The summed E-state index contributed by atoms with van der Waals surface area (Å²) >= 11 is 6.42. The van der Waals surface area contributed by atoms with Crippen molar-refractivity contribution in [1.82, 2.24) is 0 Å². The lowest BCUT2D eigenvalue weighted by Crippen LogP contribution is -2.65. The Bertz CT molecular complexity index is 1040. The first-order valence-corrected chi connectivity index (χ1v) is 14.8. The van der Waals surface area contributed by atoms with Gasteiger partial charge in [-0.3, -0.25) is 4.79 Å². The third kappa shape index (κ3) is 4.47. The van der Waals surface area contributed by atoms with Crippen molar-refractivity contribution in [3.63, 3.8) is 0 Å². The van der Waals surface area contributed by atoms with Crippen LogP contribution in [0.5, 0.6) is 0 Å². The highest BCUT2D eigenvalue weighted by molar-refractivity contribution is 6.29. The SMILES string of the molecule is CC(=O)O[C@H]1C[C@@]2(C)[C@H](C[C@@H](O)[C@@H]3[C@@]4(C)CC[C@@H](O)[C@@H](C)C4CC[C@@]32C)C1=C(CCC(Cl)=C(C)C)C(=O)O. The Hall–Kier alpha value is -1.37. The summed E-state index contributed by atoms with van der Waals surface area (Å²) < 4.78 is 5.87. The third-order valence-corrected chi connectivity index (χ3v) is 12.3. The normalized spacial score (nSPS) is 45.4. The Balaban J connectivity index is 1.83. The van der Waals surface area contributed by atoms with Crippen LogP contribution in [0.1, 0.15) is 99.8 Å². The zero-order valence-electron chi connectivity index (χ0n) is 24.1. The van der Waals surface area contributed by atoms with Crippen molar-refractivity contribution < 1.29 is 29.6 Å². The van der Waals surface area contributed by atoms with Crippen LogP contribution in [-0.2, 0) is 14.3 Å². The summed E-state index contributed by atoms with van der Waals surface area (Å²) in [6, 6.07) is 0. The fraction of sp³-hybridized carbons (Fsp3) is 0.806. The van der Waals surface area contributed by atoms with E-state index >= 15 is 0 Å². The monoisotopic (exact) mass is 550 g/mol. The predicted molar refractivity (Wildman–Crippen MR) is 147 cm³/mol. The number of hydrogen-bond acceptors (Lipinski definition) is 5. The number of aliphatic hydroxyl groups is 2. The van der Waals surface area contributed by atoms with Gasteiger partial charge in [-0.1, -0.05) is 44.9 Å². The molecule has 4 rings (SSSR count). The lowest BCUT2D eigenvalue weighted by Gasteiger charge is -2.69. The van der Waals surface area contributed by atoms with Crippen molar-refractivity contribution >= 4 is 23.5 Å². The van der Waals surface area contributed by atoms with E-state index in [9.17, 15) is 24.9 Å². The van der Waals surface area contributed by atoms with Crippen LogP contribution < -0.4 is 0 Å². The van der Waals surface area contributed by atoms with Crippen molar-refractivity contribution in [1.29, 1.82) is 0 Å². The van der Waals surface area contributed by atoms with Gasteiger partial charge in [-0.25, -0.2) is 4.79 Å². The number of carbonyl (C=O) groups is 2. The molecule has 0 spiro atoms. The first-order valence-electron chi connectivity index (χ1n) is 14.4. The van der Waals surface area contributed by atoms with E-state index in [0.717, 1.165) is 31.3 Å². The molecule has 4 aliphatic carbocycles. The number of halogens is 1. The summed E-state index contributed by atoms with van der Waals surface area (Å²) in [6.45, 7) is 14.2. The molecule has 6 nitrogen and oxygen atoms in total. The first kappa shape index (κ1) is 29.6. The fourth-order valence-electron chi connectivity index (χ4n) is 9.77. The summed E-state index contributed by atoms with van der Waals surface area (Å²) in [7, 11) is 0. The average molecular weight is 551 g/mol. The predicted octanol–water partition coefficient (Wildman–Crippen LogP) is 6.23. The van der Waals surface area contributed by atoms with E-state index in [2.05, 4.69) is 27.7 Å². The van der Waals surface area contributed by atoms with Crippen molar-refractivity contribution in [3.05, 3.63) is 21.8 Å². The molecule has 0 aliphatic heterocycles. The van der Waals surface area contributed by atoms with Crippen LogP contribution in [-0.4, -0.2) is 45.6 Å². The van der Waals surface area contributed by atoms with Crippen molar-refractivity contribution in [2.45, 2.75) is 118 Å². The zero-order chi connectivity index (χ0) is 28.4. The lowest BCUT2D eigenvalue weighted by atomic mass is 9.36. The van der Waals surface area contributed by atoms with E-state index < -0.39 is 24.1 Å². The van der Waals surface area contributed by atoms with E-state index in [1.807, 2.05) is 13.8 Å². The van der Waals surface area contributed by atoms with Gasteiger partial charge in [0.2, 0.25) is 0 Å². The van der Waals surface area contributed by atoms with Gasteiger partial charge in [-0.05, 0) is 111 Å². The van der Waals surface area contributed by atoms with Crippen LogP contribution in [0.2, 0.25) is 0 Å². The quantitative estimate of drug-likeness (QED) is 0.277. The molecule has 4 aliphatic rings. The maximum atomic E-state index is 12.7. The van der Waals surface area contributed by atoms with Gasteiger partial charge < -0.3 is 20.1 Å². The molecule has 0 aromatic heterocycles. The van der Waals surface area contributed by atoms with Gasteiger partial charge in [0.15, 0.2) is 0 Å². The van der Waals surface area contributed by atoms with Gasteiger partial charge in [0.1, 0.15) is 6.10 Å². The maximum Gasteiger partial charge on any atom is 0.331 e. The summed E-state index contributed by atoms with van der Waals surface area (Å²) in [5.41, 5.74) is 1.16. The van der Waals surface area contributed by atoms with Crippen molar-refractivity contribution in [2.75, 3.05) is 0 Å². The van der Waals surface area contributed by atoms with Gasteiger partial charge in [-0.15, -0.1) is 0 Å². The number of carboxylic acid groups (broad SMARTS) is 1. The molecule has 0 aromatic rings. The molecular formula is C31H47ClO6. The fourth-order valence-corrected chi connectivity index (χ4v) is 9.86. The highest BCUT2D eigenvalue weighted by Crippen LogP contribution is 2.74. The molecule has 38 heavy (non-hydrogen) atoms. The number of rotatable bonds is 5. The Morgan fingerprint density at radius 2 is 1.66 bits per heavy atom. The largest absolute Gasteiger partial charge is 0.478 e. The smallest absolute Gasteiger partial charge is 0.331 e. The van der Waals surface area contributed by atoms with E-state index in [1.54, 1.807) is 0 Å². The number of carbonyl (C=O) groups excluding carboxylic acids is 1. The molecule has 214 valence electrons. The van der Waals surface area contributed by atoms with Crippen LogP contribution in [0, 0.1) is 39.9 Å². The standard InChI is InChI=1S/C31H47ClO6/c1-16(2)22(32)9-8-19(28(36)37)26-21-14-24(35)27-29(5)12-11-23(34)17(3)20(29)10-13-30(27,6)31(21,7)15-25(26)38-18(4)33/h17,20-21,23-25,27,34-35H,8-15H2,1-7H3,(H,36,37)/t17-,20?,21+,23+,24+,25-,27+,29-,30-,31-/m0/s1. The van der Waals surface area contributed by atoms with Crippen LogP contribution >= 0.6 is 11.6 Å². The second-order valence-electron chi connectivity index (χ2n) is 13.7. The Morgan fingerprint density at radius 1 is 1.00 bits per heavy atom. The molecule has 0 aromatic carbocycles. The van der Waals surface area contributed by atoms with Crippen LogP contribution in [0.3, 0.4) is 0 Å². The molecule has 0 bridgehead atoms. The molecule has 0 amide bonds. The molecular weight excluding hydrogens is 504 g/mol. The highest BCUT2D eigenvalue weighted by atomic mass is 35.5. The number of allylic oxidation sites excluding steroid dienone is 2. The van der Waals surface area contributed by atoms with Crippen LogP contribution in [0.15, 0.2) is 21.8 Å². The van der Waals surface area contributed by atoms with Gasteiger partial charge in [-0.2, -0.15) is 0 Å². The maximum absolute atomic E-state index is 12.7. The number of ether oxygens (including phenoxy) is 1. The number of fused-ring (bicyclic) bond motifs is 5. The minimum atomic E-state index is -1.01. The first-order chi connectivity index (χ1) is 17.6. The lowest BCUT2D eigenvalue weighted by molar-refractivity contribution is -0.234. The van der Waals surface area contributed by atoms with E-state index in [4.69, 9.17) is 16.3 Å². The van der Waals surface area contributed by atoms with E-state index in [1.165, 1.54) is 6.92 Å². The highest BCUT2D eigenvalue weighted by Gasteiger charge is 2.70. The van der Waals surface area contributed by atoms with Crippen molar-refractivity contribution in [3.8, 4) is 0 Å². The molecule has 0 saturated heterocycles. The molecule has 0 heterocycles. The Morgan fingerprint density at radius 3 is 2.24 bits per heavy atom. The number of carboxylic acids is 1. The van der Waals surface area contributed by atoms with E-state index in [0.29, 0.717) is 35.8 Å². The summed E-state index contributed by atoms with van der Waals surface area (Å²) in [4.78, 5) is 24.9. The number of aliphatic hydroxyl groups excluding tert-OH is 2. The molecule has 1 unspecified atom stereocenters. The van der Waals surface area contributed by atoms with E-state index in [-0.39, 0.29) is 52.1 Å². The molecule has 0 radical (unpaired) electrons. The average Bonchev–Trinajstić information content (AvgIpc) is 3.08. The van der Waals surface area contributed by atoms with Crippen molar-refractivity contribution in [2.24, 2.45) is 39.9 Å². The van der Waals surface area contributed by atoms with Gasteiger partial charge in [0.05, 0.1) is 12.2 Å². The summed E-state index contributed by atoms with van der Waals surface area (Å²) in [5.74, 6) is -1.09. The summed E-state index contributed by atoms with van der Waals surface area (Å²) in [5, 5.41) is 33.6. The zero-order valence-corrected chi connectivity index (χ0v) is 24.9. The molecule has 3 N–H and O–H groups in total. The van der Waals surface area contributed by atoms with Gasteiger partial charge in [0.25, 0.3) is 0 Å². The Labute approximate surface area is 232 Å². The Kier molecular flexibility index (Phi) is 7.97. The topological polar surface area (TPSA) is 104 Å². The third-order valence-electron chi connectivity index (χ3n) is 11.8. The van der Waals surface area contributed by atoms with Gasteiger partial charge >= 0.3 is 11.9 Å². The van der Waals surface area contributed by atoms with Crippen LogP contribution in [0.4, 0.5) is 0 Å². The van der Waals surface area contributed by atoms with Crippen LogP contribution in [0.25, 0.3) is 0 Å². The molecule has 10 atom stereocenters. The number of hydrogen-bond donors (Lipinski definition) is 3.